The molecule has 0 aromatic rings. The first-order valence-electron chi connectivity index (χ1n) is 7.30. The zero-order valence-electron chi connectivity index (χ0n) is 11.8. The Bertz CT molecular complexity index is 226. The van der Waals surface area contributed by atoms with E-state index < -0.39 is 0 Å². The minimum Gasteiger partial charge on any atom is -0.315 e. The summed E-state index contributed by atoms with van der Waals surface area (Å²) in [5, 5.41) is 3.56. The first kappa shape index (κ1) is 13.3. The van der Waals surface area contributed by atoms with Crippen molar-refractivity contribution in [1.29, 1.82) is 0 Å². The van der Waals surface area contributed by atoms with E-state index >= 15 is 0 Å². The molecule has 0 bridgehead atoms. The second kappa shape index (κ2) is 6.17. The van der Waals surface area contributed by atoms with E-state index in [4.69, 9.17) is 0 Å². The molecule has 0 aromatic carbocycles. The zero-order valence-corrected chi connectivity index (χ0v) is 11.8. The van der Waals surface area contributed by atoms with Crippen LogP contribution in [0.3, 0.4) is 0 Å². The highest BCUT2D eigenvalue weighted by Gasteiger charge is 2.28. The molecule has 100 valence electrons. The van der Waals surface area contributed by atoms with Gasteiger partial charge in [0.15, 0.2) is 0 Å². The molecule has 0 radical (unpaired) electrons. The Morgan fingerprint density at radius 2 is 1.94 bits per heavy atom. The lowest BCUT2D eigenvalue weighted by Gasteiger charge is -2.40. The van der Waals surface area contributed by atoms with Crippen molar-refractivity contribution in [3.63, 3.8) is 0 Å². The summed E-state index contributed by atoms with van der Waals surface area (Å²) in [5.74, 6) is 0.926. The zero-order chi connectivity index (χ0) is 12.3. The fourth-order valence-electron chi connectivity index (χ4n) is 3.40. The third kappa shape index (κ3) is 3.43. The standard InChI is InChI=1S/C14H29N3/c1-12-10-17(9-8-16(12)3)11-14(15-2)13-6-4-5-7-13/h12-15H,4-11H2,1-3H3. The van der Waals surface area contributed by atoms with Crippen LogP contribution < -0.4 is 5.32 Å². The van der Waals surface area contributed by atoms with Gasteiger partial charge in [-0.2, -0.15) is 0 Å². The van der Waals surface area contributed by atoms with Gasteiger partial charge in [-0.1, -0.05) is 12.8 Å². The summed E-state index contributed by atoms with van der Waals surface area (Å²) >= 11 is 0. The van der Waals surface area contributed by atoms with Gasteiger partial charge in [0.25, 0.3) is 0 Å². The fraction of sp³-hybridized carbons (Fsp3) is 1.00. The van der Waals surface area contributed by atoms with Crippen LogP contribution in [0, 0.1) is 5.92 Å². The molecule has 1 aliphatic heterocycles. The minimum atomic E-state index is 0.713. The highest BCUT2D eigenvalue weighted by molar-refractivity contribution is 4.85. The second-order valence-corrected chi connectivity index (χ2v) is 6.03. The van der Waals surface area contributed by atoms with Crippen LogP contribution in [-0.2, 0) is 0 Å². The summed E-state index contributed by atoms with van der Waals surface area (Å²) in [6.07, 6.45) is 5.77. The highest BCUT2D eigenvalue weighted by atomic mass is 15.3. The SMILES string of the molecule is CNC(CN1CCN(C)C(C)C1)C1CCCC1. The Morgan fingerprint density at radius 3 is 2.53 bits per heavy atom. The quantitative estimate of drug-likeness (QED) is 0.800. The van der Waals surface area contributed by atoms with Crippen molar-refractivity contribution in [3.05, 3.63) is 0 Å². The summed E-state index contributed by atoms with van der Waals surface area (Å²) in [7, 11) is 4.39. The van der Waals surface area contributed by atoms with E-state index in [9.17, 15) is 0 Å². The lowest BCUT2D eigenvalue weighted by atomic mass is 9.97. The van der Waals surface area contributed by atoms with Crippen LogP contribution in [0.4, 0.5) is 0 Å². The van der Waals surface area contributed by atoms with Gasteiger partial charge in [0.1, 0.15) is 0 Å². The molecule has 0 amide bonds. The fourth-order valence-corrected chi connectivity index (χ4v) is 3.40. The molecule has 0 aromatic heterocycles. The maximum Gasteiger partial charge on any atom is 0.0220 e. The Morgan fingerprint density at radius 1 is 1.24 bits per heavy atom. The molecule has 3 nitrogen and oxygen atoms in total. The summed E-state index contributed by atoms with van der Waals surface area (Å²) in [4.78, 5) is 5.13. The Kier molecular flexibility index (Phi) is 4.83. The second-order valence-electron chi connectivity index (χ2n) is 6.03. The summed E-state index contributed by atoms with van der Waals surface area (Å²) in [5.41, 5.74) is 0. The van der Waals surface area contributed by atoms with Crippen LogP contribution in [0.5, 0.6) is 0 Å². The summed E-state index contributed by atoms with van der Waals surface area (Å²) < 4.78 is 0. The van der Waals surface area contributed by atoms with Crippen LogP contribution in [0.1, 0.15) is 32.6 Å². The van der Waals surface area contributed by atoms with Crippen LogP contribution in [0.25, 0.3) is 0 Å². The van der Waals surface area contributed by atoms with Crippen LogP contribution in [0.15, 0.2) is 0 Å². The first-order valence-corrected chi connectivity index (χ1v) is 7.30. The Labute approximate surface area is 107 Å². The molecule has 3 heteroatoms. The topological polar surface area (TPSA) is 18.5 Å². The Hall–Kier alpha value is -0.120. The number of nitrogens with one attached hydrogen (secondary N) is 1. The van der Waals surface area contributed by atoms with E-state index in [1.807, 2.05) is 0 Å². The molecular weight excluding hydrogens is 210 g/mol. The molecule has 1 N–H and O–H groups in total. The van der Waals surface area contributed by atoms with Gasteiger partial charge >= 0.3 is 0 Å². The monoisotopic (exact) mass is 239 g/mol. The van der Waals surface area contributed by atoms with Gasteiger partial charge in [0, 0.05) is 38.3 Å². The molecule has 17 heavy (non-hydrogen) atoms. The smallest absolute Gasteiger partial charge is 0.0220 e. The molecular formula is C14H29N3. The largest absolute Gasteiger partial charge is 0.315 e. The minimum absolute atomic E-state index is 0.713. The van der Waals surface area contributed by atoms with Crippen molar-refractivity contribution < 1.29 is 0 Å². The van der Waals surface area contributed by atoms with Crippen molar-refractivity contribution in [1.82, 2.24) is 15.1 Å². The van der Waals surface area contributed by atoms with Gasteiger partial charge in [-0.3, -0.25) is 4.90 Å². The Balaban J connectivity index is 1.81. The van der Waals surface area contributed by atoms with Gasteiger partial charge in [-0.05, 0) is 39.8 Å². The molecule has 1 aliphatic carbocycles. The van der Waals surface area contributed by atoms with Crippen LogP contribution in [-0.4, -0.2) is 62.2 Å². The lowest BCUT2D eigenvalue weighted by molar-refractivity contribution is 0.0909. The predicted molar refractivity (Wildman–Crippen MR) is 73.3 cm³/mol. The first-order chi connectivity index (χ1) is 8.20. The van der Waals surface area contributed by atoms with E-state index in [1.165, 1.54) is 51.9 Å². The van der Waals surface area contributed by atoms with E-state index in [0.29, 0.717) is 12.1 Å². The number of rotatable bonds is 4. The maximum absolute atomic E-state index is 3.56. The summed E-state index contributed by atoms with van der Waals surface area (Å²) in [6.45, 7) is 7.30. The van der Waals surface area contributed by atoms with E-state index in [2.05, 4.69) is 36.1 Å². The van der Waals surface area contributed by atoms with Crippen molar-refractivity contribution in [2.75, 3.05) is 40.3 Å². The number of nitrogens with zero attached hydrogens (tertiary/aromatic N) is 2. The van der Waals surface area contributed by atoms with Gasteiger partial charge in [-0.25, -0.2) is 0 Å². The van der Waals surface area contributed by atoms with Gasteiger partial charge in [0.2, 0.25) is 0 Å². The molecule has 2 aliphatic rings. The van der Waals surface area contributed by atoms with Gasteiger partial charge in [0.05, 0.1) is 0 Å². The highest BCUT2D eigenvalue weighted by Crippen LogP contribution is 2.28. The molecule has 2 fully saturated rings. The molecule has 2 rings (SSSR count). The third-order valence-corrected chi connectivity index (χ3v) is 4.84. The molecule has 0 spiro atoms. The number of hydrogen-bond donors (Lipinski definition) is 1. The van der Waals surface area contributed by atoms with Crippen molar-refractivity contribution in [2.24, 2.45) is 5.92 Å². The van der Waals surface area contributed by atoms with Crippen molar-refractivity contribution in [3.8, 4) is 0 Å². The van der Waals surface area contributed by atoms with E-state index in [1.54, 1.807) is 0 Å². The van der Waals surface area contributed by atoms with E-state index in [0.717, 1.165) is 5.92 Å². The van der Waals surface area contributed by atoms with Crippen molar-refractivity contribution in [2.45, 2.75) is 44.7 Å². The van der Waals surface area contributed by atoms with Crippen LogP contribution in [0.2, 0.25) is 0 Å². The van der Waals surface area contributed by atoms with Gasteiger partial charge < -0.3 is 10.2 Å². The van der Waals surface area contributed by atoms with Crippen LogP contribution >= 0.6 is 0 Å². The molecule has 1 heterocycles. The number of piperazine rings is 1. The molecule has 1 saturated carbocycles. The average Bonchev–Trinajstić information content (AvgIpc) is 2.84. The van der Waals surface area contributed by atoms with Gasteiger partial charge in [-0.15, -0.1) is 0 Å². The lowest BCUT2D eigenvalue weighted by Crippen LogP contribution is -2.54. The normalized spacial score (nSPS) is 30.9. The third-order valence-electron chi connectivity index (χ3n) is 4.84. The maximum atomic E-state index is 3.56. The summed E-state index contributed by atoms with van der Waals surface area (Å²) in [6, 6.07) is 1.43. The molecule has 2 unspecified atom stereocenters. The number of likely N-dealkylation sites (N-methyl/N-ethyl adjacent to an activating group) is 2. The average molecular weight is 239 g/mol. The molecule has 1 saturated heterocycles. The molecule has 2 atom stereocenters. The predicted octanol–water partition coefficient (Wildman–Crippen LogP) is 1.40. The number of hydrogen-bond acceptors (Lipinski definition) is 3. The van der Waals surface area contributed by atoms with Crippen molar-refractivity contribution >= 4 is 0 Å². The van der Waals surface area contributed by atoms with E-state index in [-0.39, 0.29) is 0 Å².